The molecule has 0 fully saturated rings. The van der Waals surface area contributed by atoms with E-state index in [0.29, 0.717) is 23.1 Å². The van der Waals surface area contributed by atoms with E-state index in [9.17, 15) is 14.4 Å². The van der Waals surface area contributed by atoms with Crippen LogP contribution in [0.1, 0.15) is 41.0 Å². The molecule has 0 saturated carbocycles. The summed E-state index contributed by atoms with van der Waals surface area (Å²) < 4.78 is 0. The monoisotopic (exact) mass is 427 g/mol. The first kappa shape index (κ1) is 22.9. The highest BCUT2D eigenvalue weighted by Gasteiger charge is 2.25. The number of carboxylic acid groups (broad SMARTS) is 1. The number of carbonyl (C=O) groups excluding carboxylic acids is 2. The Morgan fingerprint density at radius 2 is 1.73 bits per heavy atom. The maximum absolute atomic E-state index is 12.6. The van der Waals surface area contributed by atoms with Crippen molar-refractivity contribution in [3.05, 3.63) is 58.6 Å². The Balaban J connectivity index is 2.20. The number of amides is 2. The molecule has 7 nitrogen and oxygen atoms in total. The number of carboxylic acids is 1. The number of carbonyl (C=O) groups is 3. The van der Waals surface area contributed by atoms with Gasteiger partial charge in [0.25, 0.3) is 11.8 Å². The fraction of sp³-hybridized carbons (Fsp3) is 0.273. The minimum atomic E-state index is -1.07. The van der Waals surface area contributed by atoms with Crippen molar-refractivity contribution in [2.45, 2.75) is 26.3 Å². The Kier molecular flexibility index (Phi) is 7.56. The molecule has 0 aromatic heterocycles. The van der Waals surface area contributed by atoms with Crippen LogP contribution in [0.3, 0.4) is 0 Å². The van der Waals surface area contributed by atoms with Crippen LogP contribution in [0.5, 0.6) is 0 Å². The fourth-order valence-electron chi connectivity index (χ4n) is 2.90. The van der Waals surface area contributed by atoms with Gasteiger partial charge in [-0.3, -0.25) is 14.5 Å². The molecule has 156 valence electrons. The van der Waals surface area contributed by atoms with Crippen LogP contribution >= 0.6 is 11.6 Å². The van der Waals surface area contributed by atoms with Crippen molar-refractivity contribution in [2.75, 3.05) is 7.05 Å². The number of hydrogen-bond donors (Lipinski definition) is 2. The van der Waals surface area contributed by atoms with Crippen molar-refractivity contribution < 1.29 is 19.5 Å². The Bertz CT molecular complexity index is 996. The Morgan fingerprint density at radius 1 is 1.13 bits per heavy atom. The Labute approximate surface area is 179 Å². The van der Waals surface area contributed by atoms with Gasteiger partial charge in [-0.15, -0.1) is 0 Å². The largest absolute Gasteiger partial charge is 0.478 e. The molecule has 0 spiro atoms. The predicted molar refractivity (Wildman–Crippen MR) is 113 cm³/mol. The molecule has 0 aliphatic carbocycles. The van der Waals surface area contributed by atoms with Crippen LogP contribution in [0.15, 0.2) is 42.5 Å². The summed E-state index contributed by atoms with van der Waals surface area (Å²) in [6, 6.07) is 10.2. The normalized spacial score (nSPS) is 11.5. The highest BCUT2D eigenvalue weighted by Crippen LogP contribution is 2.29. The second kappa shape index (κ2) is 9.90. The van der Waals surface area contributed by atoms with Crippen LogP contribution in [0, 0.1) is 17.4 Å². The third kappa shape index (κ3) is 5.58. The summed E-state index contributed by atoms with van der Waals surface area (Å²) in [5, 5.41) is 21.0. The summed E-state index contributed by atoms with van der Waals surface area (Å²) in [6.07, 6.45) is 2.16. The third-order valence-corrected chi connectivity index (χ3v) is 4.78. The van der Waals surface area contributed by atoms with E-state index in [-0.39, 0.29) is 16.5 Å². The number of aromatic carboxylic acids is 1. The fourth-order valence-corrected chi connectivity index (χ4v) is 3.19. The number of benzene rings is 2. The molecule has 0 radical (unpaired) electrons. The molecule has 2 aromatic carbocycles. The van der Waals surface area contributed by atoms with E-state index in [2.05, 4.69) is 5.32 Å². The van der Waals surface area contributed by atoms with Gasteiger partial charge in [-0.2, -0.15) is 5.26 Å². The number of likely N-dealkylation sites (N-methyl/N-ethyl adjacent to an activating group) is 1. The van der Waals surface area contributed by atoms with Crippen LogP contribution in [0.25, 0.3) is 11.1 Å². The lowest BCUT2D eigenvalue weighted by Gasteiger charge is -2.21. The molecule has 2 amide bonds. The first-order chi connectivity index (χ1) is 14.1. The maximum Gasteiger partial charge on any atom is 0.335 e. The van der Waals surface area contributed by atoms with E-state index in [1.807, 2.05) is 13.8 Å². The molecule has 0 aliphatic heterocycles. The standard InChI is InChI=1S/C22H22ClN3O4/c1-13(2)10-19(21(28)26(3)12-24)25-20(27)15-6-4-14(5-7-15)17-9-8-16(22(29)30)11-18(17)23/h4-9,11,13,19H,10H2,1-3H3,(H,25,27)(H,29,30). The number of halogens is 1. The molecule has 1 unspecified atom stereocenters. The molecule has 2 N–H and O–H groups in total. The van der Waals surface area contributed by atoms with Crippen molar-refractivity contribution >= 4 is 29.4 Å². The van der Waals surface area contributed by atoms with Crippen LogP contribution in [0.4, 0.5) is 0 Å². The van der Waals surface area contributed by atoms with Crippen molar-refractivity contribution in [3.63, 3.8) is 0 Å². The minimum Gasteiger partial charge on any atom is -0.478 e. The van der Waals surface area contributed by atoms with Crippen LogP contribution in [0.2, 0.25) is 5.02 Å². The number of rotatable bonds is 7. The number of nitrogens with one attached hydrogen (secondary N) is 1. The first-order valence-corrected chi connectivity index (χ1v) is 9.63. The lowest BCUT2D eigenvalue weighted by atomic mass is 10.0. The average molecular weight is 428 g/mol. The van der Waals surface area contributed by atoms with Crippen molar-refractivity contribution in [1.29, 1.82) is 5.26 Å². The average Bonchev–Trinajstić information content (AvgIpc) is 2.71. The van der Waals surface area contributed by atoms with E-state index in [1.54, 1.807) is 36.5 Å². The van der Waals surface area contributed by atoms with Gasteiger partial charge in [0.05, 0.1) is 5.56 Å². The second-order valence-corrected chi connectivity index (χ2v) is 7.64. The number of nitriles is 1. The molecule has 0 saturated heterocycles. The van der Waals surface area contributed by atoms with Crippen molar-refractivity contribution in [2.24, 2.45) is 5.92 Å². The molecule has 0 aliphatic rings. The topological polar surface area (TPSA) is 110 Å². The van der Waals surface area contributed by atoms with Crippen LogP contribution in [-0.4, -0.2) is 40.9 Å². The quantitative estimate of drug-likeness (QED) is 0.516. The summed E-state index contributed by atoms with van der Waals surface area (Å²) in [5.74, 6) is -1.83. The SMILES string of the molecule is CC(C)CC(NC(=O)c1ccc(-c2ccc(C(=O)O)cc2Cl)cc1)C(=O)N(C)C#N. The van der Waals surface area contributed by atoms with Gasteiger partial charge in [-0.25, -0.2) is 4.79 Å². The van der Waals surface area contributed by atoms with Gasteiger partial charge in [-0.1, -0.05) is 43.6 Å². The molecule has 30 heavy (non-hydrogen) atoms. The molecule has 2 rings (SSSR count). The van der Waals surface area contributed by atoms with Gasteiger partial charge in [0.1, 0.15) is 6.04 Å². The molecule has 0 heterocycles. The van der Waals surface area contributed by atoms with Gasteiger partial charge >= 0.3 is 5.97 Å². The number of nitrogens with zero attached hydrogens (tertiary/aromatic N) is 2. The Hall–Kier alpha value is -3.37. The second-order valence-electron chi connectivity index (χ2n) is 7.23. The van der Waals surface area contributed by atoms with Gasteiger partial charge in [0, 0.05) is 23.2 Å². The summed E-state index contributed by atoms with van der Waals surface area (Å²) in [7, 11) is 1.36. The van der Waals surface area contributed by atoms with E-state index in [1.165, 1.54) is 19.2 Å². The maximum atomic E-state index is 12.6. The number of hydrogen-bond acceptors (Lipinski definition) is 4. The van der Waals surface area contributed by atoms with Crippen molar-refractivity contribution in [1.82, 2.24) is 10.2 Å². The zero-order chi connectivity index (χ0) is 22.4. The van der Waals surface area contributed by atoms with Crippen LogP contribution < -0.4 is 5.32 Å². The Morgan fingerprint density at radius 3 is 2.23 bits per heavy atom. The smallest absolute Gasteiger partial charge is 0.335 e. The molecule has 1 atom stereocenters. The van der Waals surface area contributed by atoms with E-state index >= 15 is 0 Å². The minimum absolute atomic E-state index is 0.0861. The zero-order valence-corrected chi connectivity index (χ0v) is 17.6. The predicted octanol–water partition coefficient (Wildman–Crippen LogP) is 3.79. The summed E-state index contributed by atoms with van der Waals surface area (Å²) in [6.45, 7) is 3.85. The van der Waals surface area contributed by atoms with E-state index in [0.717, 1.165) is 4.90 Å². The molecule has 2 aromatic rings. The molecule has 8 heteroatoms. The molecular formula is C22H22ClN3O4. The van der Waals surface area contributed by atoms with E-state index in [4.69, 9.17) is 22.0 Å². The van der Waals surface area contributed by atoms with Gasteiger partial charge in [0.15, 0.2) is 6.19 Å². The van der Waals surface area contributed by atoms with Gasteiger partial charge in [-0.05, 0) is 42.2 Å². The molecule has 0 bridgehead atoms. The summed E-state index contributed by atoms with van der Waals surface area (Å²) >= 11 is 6.19. The summed E-state index contributed by atoms with van der Waals surface area (Å²) in [4.78, 5) is 36.9. The van der Waals surface area contributed by atoms with Crippen molar-refractivity contribution in [3.8, 4) is 17.3 Å². The van der Waals surface area contributed by atoms with E-state index < -0.39 is 23.8 Å². The first-order valence-electron chi connectivity index (χ1n) is 9.25. The van der Waals surface area contributed by atoms with Gasteiger partial charge in [0.2, 0.25) is 0 Å². The van der Waals surface area contributed by atoms with Crippen LogP contribution in [-0.2, 0) is 4.79 Å². The highest BCUT2D eigenvalue weighted by atomic mass is 35.5. The third-order valence-electron chi connectivity index (χ3n) is 4.47. The lowest BCUT2D eigenvalue weighted by molar-refractivity contribution is -0.129. The highest BCUT2D eigenvalue weighted by molar-refractivity contribution is 6.33. The zero-order valence-electron chi connectivity index (χ0n) is 16.8. The molecular weight excluding hydrogens is 406 g/mol. The summed E-state index contributed by atoms with van der Waals surface area (Å²) in [5.41, 5.74) is 1.78. The van der Waals surface area contributed by atoms with Gasteiger partial charge < -0.3 is 10.4 Å². The lowest BCUT2D eigenvalue weighted by Crippen LogP contribution is -2.46.